The minimum atomic E-state index is -4.93. The summed E-state index contributed by atoms with van der Waals surface area (Å²) in [5.41, 5.74) is 0.129. The summed E-state index contributed by atoms with van der Waals surface area (Å²) in [6.07, 6.45) is 0. The lowest BCUT2D eigenvalue weighted by molar-refractivity contribution is 0.501. The van der Waals surface area contributed by atoms with Crippen LogP contribution in [-0.4, -0.2) is 25.0 Å². The fourth-order valence-corrected chi connectivity index (χ4v) is 5.85. The summed E-state index contributed by atoms with van der Waals surface area (Å²) in [5, 5.41) is 0.544. The Bertz CT molecular complexity index is 405. The van der Waals surface area contributed by atoms with Crippen LogP contribution in [0.4, 0.5) is 12.9 Å². The zero-order valence-corrected chi connectivity index (χ0v) is 12.5. The van der Waals surface area contributed by atoms with Gasteiger partial charge in [0.05, 0.1) is 23.3 Å². The maximum atomic E-state index is 13.2. The van der Waals surface area contributed by atoms with E-state index in [4.69, 9.17) is 0 Å². The Morgan fingerprint density at radius 2 is 1.39 bits per heavy atom. The molecule has 5 heteroatoms. The Hall–Kier alpha value is -0.495. The minimum Gasteiger partial charge on any atom is -0.445 e. The van der Waals surface area contributed by atoms with Crippen LogP contribution in [-0.2, 0) is 0 Å². The van der Waals surface area contributed by atoms with E-state index in [9.17, 15) is 12.9 Å². The van der Waals surface area contributed by atoms with Gasteiger partial charge < -0.3 is 12.9 Å². The predicted octanol–water partition coefficient (Wildman–Crippen LogP) is 3.83. The molecule has 0 spiro atoms. The van der Waals surface area contributed by atoms with Crippen molar-refractivity contribution in [3.8, 4) is 0 Å². The third-order valence-electron chi connectivity index (χ3n) is 3.95. The van der Waals surface area contributed by atoms with Crippen LogP contribution in [0, 0.1) is 0 Å². The van der Waals surface area contributed by atoms with E-state index in [1.807, 2.05) is 34.4 Å². The van der Waals surface area contributed by atoms with E-state index in [0.717, 1.165) is 0 Å². The zero-order chi connectivity index (χ0) is 14.1. The molecule has 0 saturated carbocycles. The van der Waals surface area contributed by atoms with Crippen LogP contribution in [0.1, 0.15) is 27.7 Å². The molecule has 0 fully saturated rings. The molecule has 0 bridgehead atoms. The van der Waals surface area contributed by atoms with E-state index in [1.165, 1.54) is 12.1 Å². The highest BCUT2D eigenvalue weighted by atomic mass is 31.2. The lowest BCUT2D eigenvalue weighted by atomic mass is 9.80. The van der Waals surface area contributed by atoms with Gasteiger partial charge in [-0.3, -0.25) is 0 Å². The average molecular weight is 276 g/mol. The predicted molar refractivity (Wildman–Crippen MR) is 77.9 cm³/mol. The monoisotopic (exact) mass is 276 g/mol. The summed E-state index contributed by atoms with van der Waals surface area (Å²) in [4.78, 5) is 0. The molecule has 18 heavy (non-hydrogen) atoms. The standard InChI is InChI=1S/C13H21BF3P/c1-10(2)18(5,11(3)4)13-9-7-6-8-12(13)14(15,16)17/h6-11H,1-5H3. The van der Waals surface area contributed by atoms with E-state index in [0.29, 0.717) is 5.30 Å². The molecule has 0 unspecified atom stereocenters. The quantitative estimate of drug-likeness (QED) is 0.579. The van der Waals surface area contributed by atoms with Gasteiger partial charge in [-0.25, -0.2) is 0 Å². The lowest BCUT2D eigenvalue weighted by Gasteiger charge is -2.34. The van der Waals surface area contributed by atoms with Crippen molar-refractivity contribution in [2.24, 2.45) is 0 Å². The highest BCUT2D eigenvalue weighted by Crippen LogP contribution is 2.62. The van der Waals surface area contributed by atoms with Gasteiger partial charge in [-0.1, -0.05) is 23.7 Å². The Kier molecular flexibility index (Phi) is 4.53. The van der Waals surface area contributed by atoms with Crippen LogP contribution in [0.25, 0.3) is 0 Å². The highest BCUT2D eigenvalue weighted by Gasteiger charge is 2.45. The molecular weight excluding hydrogens is 255 g/mol. The molecule has 0 nitrogen and oxygen atoms in total. The van der Waals surface area contributed by atoms with Crippen molar-refractivity contribution in [3.63, 3.8) is 0 Å². The van der Waals surface area contributed by atoms with Gasteiger partial charge in [0.1, 0.15) is 0 Å². The molecule has 0 aliphatic carbocycles. The normalized spacial score (nSPS) is 13.4. The molecule has 0 heterocycles. The van der Waals surface area contributed by atoms with Crippen molar-refractivity contribution in [1.29, 1.82) is 0 Å². The Morgan fingerprint density at radius 3 is 1.78 bits per heavy atom. The molecule has 0 saturated heterocycles. The molecule has 0 amide bonds. The summed E-state index contributed by atoms with van der Waals surface area (Å²) in [6.45, 7) is 5.25. The zero-order valence-electron chi connectivity index (χ0n) is 11.6. The fourth-order valence-electron chi connectivity index (χ4n) is 2.36. The average Bonchev–Trinajstić information content (AvgIpc) is 2.26. The van der Waals surface area contributed by atoms with Gasteiger partial charge in [0, 0.05) is 7.26 Å². The van der Waals surface area contributed by atoms with Crippen molar-refractivity contribution in [2.45, 2.75) is 39.0 Å². The smallest absolute Gasteiger partial charge is 0.445 e. The molecule has 0 aliphatic rings. The van der Waals surface area contributed by atoms with E-state index >= 15 is 0 Å². The number of benzene rings is 1. The maximum Gasteiger partial charge on any atom is 0.513 e. The van der Waals surface area contributed by atoms with Gasteiger partial charge in [0.2, 0.25) is 0 Å². The van der Waals surface area contributed by atoms with Crippen LogP contribution < -0.4 is 10.8 Å². The van der Waals surface area contributed by atoms with Crippen LogP contribution in [0.2, 0.25) is 0 Å². The molecule has 0 atom stereocenters. The van der Waals surface area contributed by atoms with E-state index in [2.05, 4.69) is 0 Å². The molecular formula is C13H21BF3P. The Labute approximate surface area is 108 Å². The molecule has 1 aromatic rings. The Balaban J connectivity index is 3.48. The van der Waals surface area contributed by atoms with E-state index in [-0.39, 0.29) is 11.3 Å². The first-order valence-electron chi connectivity index (χ1n) is 6.27. The second-order valence-corrected chi connectivity index (χ2v) is 10.3. The molecule has 102 valence electrons. The molecule has 1 aromatic carbocycles. The fraction of sp³-hybridized carbons (Fsp3) is 0.538. The van der Waals surface area contributed by atoms with Crippen molar-refractivity contribution in [2.75, 3.05) is 6.66 Å². The number of rotatable bonds is 4. The van der Waals surface area contributed by atoms with E-state index < -0.39 is 19.7 Å². The van der Waals surface area contributed by atoms with Crippen LogP contribution in [0.3, 0.4) is 0 Å². The highest BCUT2D eigenvalue weighted by molar-refractivity contribution is 7.83. The summed E-state index contributed by atoms with van der Waals surface area (Å²) in [5.74, 6) is 0. The summed E-state index contributed by atoms with van der Waals surface area (Å²) >= 11 is 0. The Morgan fingerprint density at radius 1 is 0.944 bits per heavy atom. The SMILES string of the molecule is CC(C)[P+](C)(c1ccccc1[B-](F)(F)F)C(C)C. The van der Waals surface area contributed by atoms with Crippen molar-refractivity contribution < 1.29 is 12.9 Å². The first kappa shape index (κ1) is 15.6. The van der Waals surface area contributed by atoms with Gasteiger partial charge >= 0.3 is 6.98 Å². The topological polar surface area (TPSA) is 0 Å². The van der Waals surface area contributed by atoms with Gasteiger partial charge in [0.25, 0.3) is 0 Å². The third-order valence-corrected chi connectivity index (χ3v) is 9.69. The van der Waals surface area contributed by atoms with Crippen molar-refractivity contribution in [3.05, 3.63) is 24.3 Å². The number of halogens is 3. The van der Waals surface area contributed by atoms with Crippen LogP contribution >= 0.6 is 7.26 Å². The van der Waals surface area contributed by atoms with Crippen LogP contribution in [0.5, 0.6) is 0 Å². The first-order valence-corrected chi connectivity index (χ1v) is 8.64. The van der Waals surface area contributed by atoms with Crippen molar-refractivity contribution >= 4 is 25.0 Å². The summed E-state index contributed by atoms with van der Waals surface area (Å²) < 4.78 is 39.6. The second-order valence-electron chi connectivity index (χ2n) is 5.47. The van der Waals surface area contributed by atoms with Gasteiger partial charge in [-0.2, -0.15) is 0 Å². The molecule has 0 aromatic heterocycles. The second kappa shape index (κ2) is 5.24. The summed E-state index contributed by atoms with van der Waals surface area (Å²) in [6, 6.07) is 6.12. The van der Waals surface area contributed by atoms with Gasteiger partial charge in [0.15, 0.2) is 0 Å². The van der Waals surface area contributed by atoms with Crippen LogP contribution in [0.15, 0.2) is 24.3 Å². The first-order chi connectivity index (χ1) is 8.11. The minimum absolute atomic E-state index is 0.261. The summed E-state index contributed by atoms with van der Waals surface area (Å²) in [7, 11) is -1.80. The molecule has 1 rings (SSSR count). The van der Waals surface area contributed by atoms with Gasteiger partial charge in [-0.15, -0.1) is 0 Å². The molecule has 0 N–H and O–H groups in total. The third kappa shape index (κ3) is 2.74. The van der Waals surface area contributed by atoms with Gasteiger partial charge in [-0.05, 0) is 33.8 Å². The molecule has 0 aliphatic heterocycles. The van der Waals surface area contributed by atoms with E-state index in [1.54, 1.807) is 12.1 Å². The molecule has 0 radical (unpaired) electrons. The number of hydrogen-bond donors (Lipinski definition) is 0. The largest absolute Gasteiger partial charge is 0.513 e. The lowest BCUT2D eigenvalue weighted by Crippen LogP contribution is -2.47. The van der Waals surface area contributed by atoms with Crippen molar-refractivity contribution in [1.82, 2.24) is 0 Å². The number of hydrogen-bond acceptors (Lipinski definition) is 0. The maximum absolute atomic E-state index is 13.2.